The quantitative estimate of drug-likeness (QED) is 0.702. The number of piperidine rings is 1. The number of carboxylic acids is 1. The Bertz CT molecular complexity index is 367. The highest BCUT2D eigenvalue weighted by molar-refractivity contribution is 5.67. The Balaban J connectivity index is 1.81. The normalized spacial score (nSPS) is 24.5. The van der Waals surface area contributed by atoms with Gasteiger partial charge >= 0.3 is 0 Å². The number of nitrogens with zero attached hydrogens (tertiary/aromatic N) is 1. The van der Waals surface area contributed by atoms with Gasteiger partial charge in [0.25, 0.3) is 0 Å². The van der Waals surface area contributed by atoms with Gasteiger partial charge in [0.05, 0.1) is 25.6 Å². The van der Waals surface area contributed by atoms with Crippen LogP contribution in [-0.4, -0.2) is 30.6 Å². The highest BCUT2D eigenvalue weighted by Crippen LogP contribution is 2.05. The predicted octanol–water partition coefficient (Wildman–Crippen LogP) is -1.33. The summed E-state index contributed by atoms with van der Waals surface area (Å²) >= 11 is 0. The van der Waals surface area contributed by atoms with E-state index in [1.54, 1.807) is 6.20 Å². The van der Waals surface area contributed by atoms with E-state index < -0.39 is 5.97 Å². The van der Waals surface area contributed by atoms with Gasteiger partial charge in [0.2, 0.25) is 0 Å². The van der Waals surface area contributed by atoms with Gasteiger partial charge in [-0.1, -0.05) is 6.07 Å². The monoisotopic (exact) mass is 234 g/mol. The largest absolute Gasteiger partial charge is 0.550 e. The Hall–Kier alpha value is -1.42. The number of carboxylic acid groups (broad SMARTS) is 1. The van der Waals surface area contributed by atoms with Crippen LogP contribution < -0.4 is 10.0 Å². The van der Waals surface area contributed by atoms with Crippen molar-refractivity contribution in [3.63, 3.8) is 0 Å². The number of carbonyl (C=O) groups is 1. The molecule has 1 fully saturated rings. The van der Waals surface area contributed by atoms with E-state index in [2.05, 4.69) is 4.98 Å². The van der Waals surface area contributed by atoms with E-state index in [1.807, 2.05) is 18.2 Å². The SMILES string of the molecule is O=C([O-])[C@@H]1CCC[NH+](CCc2ccccn2)C1. The van der Waals surface area contributed by atoms with Crippen LogP contribution in [0.2, 0.25) is 0 Å². The minimum absolute atomic E-state index is 0.262. The van der Waals surface area contributed by atoms with Crippen LogP contribution in [0.15, 0.2) is 24.4 Å². The number of aliphatic carboxylic acids is 1. The van der Waals surface area contributed by atoms with Crippen LogP contribution in [0.3, 0.4) is 0 Å². The second-order valence-corrected chi connectivity index (χ2v) is 4.68. The fourth-order valence-electron chi connectivity index (χ4n) is 2.43. The van der Waals surface area contributed by atoms with Crippen molar-refractivity contribution in [2.75, 3.05) is 19.6 Å². The van der Waals surface area contributed by atoms with Gasteiger partial charge in [-0.05, 0) is 25.0 Å². The molecule has 2 rings (SSSR count). The second-order valence-electron chi connectivity index (χ2n) is 4.68. The minimum Gasteiger partial charge on any atom is -0.550 e. The first kappa shape index (κ1) is 12.0. The standard InChI is InChI=1S/C13H18N2O2/c16-13(17)11-4-3-8-15(10-11)9-6-12-5-1-2-7-14-12/h1-2,5,7,11H,3-4,6,8-10H2,(H,16,17)/t11-/m1/s1. The maximum absolute atomic E-state index is 10.8. The topological polar surface area (TPSA) is 57.5 Å². The summed E-state index contributed by atoms with van der Waals surface area (Å²) in [5.74, 6) is -1.15. The highest BCUT2D eigenvalue weighted by Gasteiger charge is 2.23. The molecule has 1 aliphatic heterocycles. The summed E-state index contributed by atoms with van der Waals surface area (Å²) in [4.78, 5) is 16.5. The van der Waals surface area contributed by atoms with Crippen molar-refractivity contribution in [1.82, 2.24) is 4.98 Å². The Labute approximate surface area is 101 Å². The molecular weight excluding hydrogens is 216 g/mol. The molecule has 1 aromatic rings. The lowest BCUT2D eigenvalue weighted by Crippen LogP contribution is -3.14. The third-order valence-electron chi connectivity index (χ3n) is 3.41. The van der Waals surface area contributed by atoms with Crippen LogP contribution in [-0.2, 0) is 11.2 Å². The number of quaternary nitrogens is 1. The van der Waals surface area contributed by atoms with Crippen molar-refractivity contribution in [3.8, 4) is 0 Å². The van der Waals surface area contributed by atoms with Gasteiger partial charge in [-0.25, -0.2) is 0 Å². The van der Waals surface area contributed by atoms with Gasteiger partial charge < -0.3 is 14.8 Å². The highest BCUT2D eigenvalue weighted by atomic mass is 16.4. The number of aromatic nitrogens is 1. The predicted molar refractivity (Wildman–Crippen MR) is 61.2 cm³/mol. The van der Waals surface area contributed by atoms with Crippen LogP contribution in [0.1, 0.15) is 18.5 Å². The zero-order chi connectivity index (χ0) is 12.1. The first-order chi connectivity index (χ1) is 8.25. The number of pyridine rings is 1. The average Bonchev–Trinajstić information content (AvgIpc) is 2.38. The summed E-state index contributed by atoms with van der Waals surface area (Å²) in [6.45, 7) is 2.73. The first-order valence-corrected chi connectivity index (χ1v) is 6.20. The maximum Gasteiger partial charge on any atom is 0.0852 e. The maximum atomic E-state index is 10.8. The summed E-state index contributed by atoms with van der Waals surface area (Å²) in [7, 11) is 0. The van der Waals surface area contributed by atoms with Crippen LogP contribution in [0.25, 0.3) is 0 Å². The molecule has 92 valence electrons. The molecule has 2 atom stereocenters. The lowest BCUT2D eigenvalue weighted by molar-refractivity contribution is -0.907. The number of nitrogens with one attached hydrogen (secondary N) is 1. The minimum atomic E-state index is -0.889. The molecule has 0 bridgehead atoms. The van der Waals surface area contributed by atoms with Crippen LogP contribution in [0, 0.1) is 5.92 Å². The third kappa shape index (κ3) is 3.53. The van der Waals surface area contributed by atoms with Gasteiger partial charge in [-0.2, -0.15) is 0 Å². The third-order valence-corrected chi connectivity index (χ3v) is 3.41. The molecule has 0 aromatic carbocycles. The lowest BCUT2D eigenvalue weighted by atomic mass is 9.98. The Morgan fingerprint density at radius 3 is 3.12 bits per heavy atom. The van der Waals surface area contributed by atoms with Gasteiger partial charge in [-0.3, -0.25) is 4.98 Å². The molecule has 1 unspecified atom stereocenters. The molecule has 1 saturated heterocycles. The molecule has 0 amide bonds. The Kier molecular flexibility index (Phi) is 4.09. The van der Waals surface area contributed by atoms with Crippen molar-refractivity contribution in [1.29, 1.82) is 0 Å². The summed E-state index contributed by atoms with van der Waals surface area (Å²) in [6.07, 6.45) is 4.46. The van der Waals surface area contributed by atoms with Crippen LogP contribution in [0.4, 0.5) is 0 Å². The fraction of sp³-hybridized carbons (Fsp3) is 0.538. The molecule has 0 spiro atoms. The Morgan fingerprint density at radius 2 is 2.41 bits per heavy atom. The van der Waals surface area contributed by atoms with Gasteiger partial charge in [0, 0.05) is 24.2 Å². The van der Waals surface area contributed by atoms with E-state index in [9.17, 15) is 9.90 Å². The van der Waals surface area contributed by atoms with Gasteiger partial charge in [-0.15, -0.1) is 0 Å². The Morgan fingerprint density at radius 1 is 1.53 bits per heavy atom. The number of likely N-dealkylation sites (tertiary alicyclic amines) is 1. The van der Waals surface area contributed by atoms with E-state index in [4.69, 9.17) is 0 Å². The van der Waals surface area contributed by atoms with Crippen molar-refractivity contribution in [2.45, 2.75) is 19.3 Å². The summed E-state index contributed by atoms with van der Waals surface area (Å²) in [5, 5.41) is 10.8. The molecule has 1 N–H and O–H groups in total. The lowest BCUT2D eigenvalue weighted by Gasteiger charge is -2.30. The van der Waals surface area contributed by atoms with Gasteiger partial charge in [0.1, 0.15) is 0 Å². The first-order valence-electron chi connectivity index (χ1n) is 6.20. The molecule has 0 radical (unpaired) electrons. The van der Waals surface area contributed by atoms with E-state index in [0.29, 0.717) is 6.54 Å². The zero-order valence-electron chi connectivity index (χ0n) is 9.89. The molecule has 1 aliphatic rings. The summed E-state index contributed by atoms with van der Waals surface area (Å²) < 4.78 is 0. The van der Waals surface area contributed by atoms with E-state index >= 15 is 0 Å². The summed E-state index contributed by atoms with van der Waals surface area (Å²) in [6, 6.07) is 5.90. The summed E-state index contributed by atoms with van der Waals surface area (Å²) in [5.41, 5.74) is 1.08. The number of carbonyl (C=O) groups excluding carboxylic acids is 1. The van der Waals surface area contributed by atoms with Crippen molar-refractivity contribution < 1.29 is 14.8 Å². The number of hydrogen-bond acceptors (Lipinski definition) is 3. The number of hydrogen-bond donors (Lipinski definition) is 1. The zero-order valence-corrected chi connectivity index (χ0v) is 9.89. The van der Waals surface area contributed by atoms with Crippen molar-refractivity contribution in [3.05, 3.63) is 30.1 Å². The molecule has 2 heterocycles. The van der Waals surface area contributed by atoms with E-state index in [1.165, 1.54) is 4.90 Å². The molecule has 0 aliphatic carbocycles. The van der Waals surface area contributed by atoms with Crippen LogP contribution >= 0.6 is 0 Å². The van der Waals surface area contributed by atoms with E-state index in [-0.39, 0.29) is 5.92 Å². The molecule has 1 aromatic heterocycles. The molecule has 17 heavy (non-hydrogen) atoms. The van der Waals surface area contributed by atoms with Crippen molar-refractivity contribution in [2.24, 2.45) is 5.92 Å². The molecule has 4 heteroatoms. The molecule has 0 saturated carbocycles. The second kappa shape index (κ2) is 5.77. The van der Waals surface area contributed by atoms with Gasteiger partial charge in [0.15, 0.2) is 0 Å². The van der Waals surface area contributed by atoms with Crippen LogP contribution in [0.5, 0.6) is 0 Å². The van der Waals surface area contributed by atoms with Crippen molar-refractivity contribution >= 4 is 5.97 Å². The molecular formula is C13H18N2O2. The molecule has 4 nitrogen and oxygen atoms in total. The number of rotatable bonds is 4. The fourth-order valence-corrected chi connectivity index (χ4v) is 2.43. The average molecular weight is 234 g/mol. The smallest absolute Gasteiger partial charge is 0.0852 e. The van der Waals surface area contributed by atoms with E-state index in [0.717, 1.165) is 38.0 Å².